The van der Waals surface area contributed by atoms with Crippen molar-refractivity contribution in [1.82, 2.24) is 9.97 Å². The van der Waals surface area contributed by atoms with Gasteiger partial charge in [0.25, 0.3) is 0 Å². The molecule has 0 radical (unpaired) electrons. The number of nitrogens with zero attached hydrogens (tertiary/aromatic N) is 2. The van der Waals surface area contributed by atoms with Gasteiger partial charge in [0.05, 0.1) is 0 Å². The van der Waals surface area contributed by atoms with Crippen LogP contribution in [-0.4, -0.2) is 16.5 Å². The Morgan fingerprint density at radius 1 is 1.05 bits per heavy atom. The molecule has 0 amide bonds. The number of hydrogen-bond acceptors (Lipinski definition) is 4. The molecule has 2 aromatic rings. The van der Waals surface area contributed by atoms with E-state index in [0.29, 0.717) is 11.9 Å². The first kappa shape index (κ1) is 15.3. The molecule has 4 nitrogen and oxygen atoms in total. The van der Waals surface area contributed by atoms with Crippen molar-refractivity contribution >= 4 is 11.8 Å². The van der Waals surface area contributed by atoms with Crippen LogP contribution in [0.1, 0.15) is 31.5 Å². The zero-order valence-electron chi connectivity index (χ0n) is 13.1. The third-order valence-corrected chi connectivity index (χ3v) is 3.18. The van der Waals surface area contributed by atoms with E-state index in [9.17, 15) is 0 Å². The van der Waals surface area contributed by atoms with Gasteiger partial charge >= 0.3 is 0 Å². The van der Waals surface area contributed by atoms with Crippen LogP contribution in [0.3, 0.4) is 0 Å². The molecular weight excluding hydrogens is 260 g/mol. The summed E-state index contributed by atoms with van der Waals surface area (Å²) in [6, 6.07) is 12.2. The Bertz CT molecular complexity index is 552. The molecule has 112 valence electrons. The fourth-order valence-electron chi connectivity index (χ4n) is 2.00. The highest BCUT2D eigenvalue weighted by atomic mass is 15.1. The molecule has 2 N–H and O–H groups in total. The molecule has 4 heteroatoms. The number of nitrogens with one attached hydrogen (secondary N) is 2. The number of aryl methyl sites for hydroxylation is 1. The van der Waals surface area contributed by atoms with Gasteiger partial charge in [-0.05, 0) is 24.8 Å². The van der Waals surface area contributed by atoms with Crippen molar-refractivity contribution in [2.75, 3.05) is 17.2 Å². The largest absolute Gasteiger partial charge is 0.370 e. The smallest absolute Gasteiger partial charge is 0.225 e. The lowest BCUT2D eigenvalue weighted by molar-refractivity contribution is 0.606. The van der Waals surface area contributed by atoms with Gasteiger partial charge in [-0.3, -0.25) is 0 Å². The van der Waals surface area contributed by atoms with Crippen LogP contribution in [0.2, 0.25) is 0 Å². The number of benzene rings is 1. The first-order valence-corrected chi connectivity index (χ1v) is 7.51. The average Bonchev–Trinajstić information content (AvgIpc) is 2.45. The number of aromatic nitrogens is 2. The number of anilines is 2. The molecule has 0 saturated heterocycles. The molecule has 0 unspecified atom stereocenters. The standard InChI is InChI=1S/C17H24N4/c1-13(2)9-10-18-16-11-14(3)20-17(21-16)19-12-15-7-5-4-6-8-15/h4-8,11,13H,9-10,12H2,1-3H3,(H2,18,19,20,21). The summed E-state index contributed by atoms with van der Waals surface area (Å²) in [5, 5.41) is 6.64. The first-order chi connectivity index (χ1) is 10.1. The molecule has 0 fully saturated rings. The Balaban J connectivity index is 1.94. The van der Waals surface area contributed by atoms with Crippen LogP contribution < -0.4 is 10.6 Å². The van der Waals surface area contributed by atoms with Gasteiger partial charge in [0.1, 0.15) is 5.82 Å². The Morgan fingerprint density at radius 3 is 2.52 bits per heavy atom. The third-order valence-electron chi connectivity index (χ3n) is 3.18. The normalized spacial score (nSPS) is 10.7. The van der Waals surface area contributed by atoms with Crippen molar-refractivity contribution in [3.05, 3.63) is 47.7 Å². The maximum Gasteiger partial charge on any atom is 0.225 e. The van der Waals surface area contributed by atoms with Gasteiger partial charge in [0.2, 0.25) is 5.95 Å². The van der Waals surface area contributed by atoms with E-state index in [-0.39, 0.29) is 0 Å². The van der Waals surface area contributed by atoms with Gasteiger partial charge in [0, 0.05) is 24.8 Å². The van der Waals surface area contributed by atoms with Crippen LogP contribution in [-0.2, 0) is 6.54 Å². The summed E-state index contributed by atoms with van der Waals surface area (Å²) in [5.74, 6) is 2.25. The minimum atomic E-state index is 0.672. The lowest BCUT2D eigenvalue weighted by Crippen LogP contribution is -2.10. The van der Waals surface area contributed by atoms with Crippen molar-refractivity contribution in [1.29, 1.82) is 0 Å². The van der Waals surface area contributed by atoms with Gasteiger partial charge < -0.3 is 10.6 Å². The molecule has 1 heterocycles. The summed E-state index contributed by atoms with van der Waals surface area (Å²) < 4.78 is 0. The summed E-state index contributed by atoms with van der Waals surface area (Å²) in [7, 11) is 0. The first-order valence-electron chi connectivity index (χ1n) is 7.51. The zero-order chi connectivity index (χ0) is 15.1. The van der Waals surface area contributed by atoms with Crippen molar-refractivity contribution in [2.45, 2.75) is 33.7 Å². The van der Waals surface area contributed by atoms with Crippen LogP contribution in [0.5, 0.6) is 0 Å². The summed E-state index contributed by atoms with van der Waals surface area (Å²) in [5.41, 5.74) is 2.18. The van der Waals surface area contributed by atoms with Gasteiger partial charge in [-0.15, -0.1) is 0 Å². The second-order valence-electron chi connectivity index (χ2n) is 5.67. The highest BCUT2D eigenvalue weighted by molar-refractivity contribution is 5.42. The molecule has 0 spiro atoms. The Kier molecular flexibility index (Phi) is 5.55. The molecular formula is C17H24N4. The molecule has 0 aliphatic carbocycles. The summed E-state index contributed by atoms with van der Waals surface area (Å²) in [4.78, 5) is 8.94. The van der Waals surface area contributed by atoms with E-state index >= 15 is 0 Å². The Hall–Kier alpha value is -2.10. The quantitative estimate of drug-likeness (QED) is 0.810. The van der Waals surface area contributed by atoms with Crippen LogP contribution >= 0.6 is 0 Å². The Morgan fingerprint density at radius 2 is 1.81 bits per heavy atom. The monoisotopic (exact) mass is 284 g/mol. The molecule has 0 aliphatic rings. The van der Waals surface area contributed by atoms with E-state index in [1.165, 1.54) is 5.56 Å². The molecule has 1 aromatic heterocycles. The molecule has 0 saturated carbocycles. The number of hydrogen-bond donors (Lipinski definition) is 2. The molecule has 21 heavy (non-hydrogen) atoms. The minimum absolute atomic E-state index is 0.672. The van der Waals surface area contributed by atoms with Crippen LogP contribution in [0.4, 0.5) is 11.8 Å². The van der Waals surface area contributed by atoms with Gasteiger partial charge in [-0.25, -0.2) is 4.98 Å². The van der Waals surface area contributed by atoms with E-state index in [0.717, 1.165) is 31.0 Å². The van der Waals surface area contributed by atoms with E-state index < -0.39 is 0 Å². The van der Waals surface area contributed by atoms with E-state index in [4.69, 9.17) is 0 Å². The average molecular weight is 284 g/mol. The van der Waals surface area contributed by atoms with E-state index in [1.807, 2.05) is 31.2 Å². The van der Waals surface area contributed by atoms with Crippen molar-refractivity contribution in [2.24, 2.45) is 5.92 Å². The molecule has 0 aliphatic heterocycles. The second-order valence-corrected chi connectivity index (χ2v) is 5.67. The predicted octanol–water partition coefficient (Wildman–Crippen LogP) is 3.86. The fourth-order valence-corrected chi connectivity index (χ4v) is 2.00. The topological polar surface area (TPSA) is 49.8 Å². The zero-order valence-corrected chi connectivity index (χ0v) is 13.1. The molecule has 0 bridgehead atoms. The third kappa shape index (κ3) is 5.42. The summed E-state index contributed by atoms with van der Waals surface area (Å²) >= 11 is 0. The maximum absolute atomic E-state index is 4.51. The highest BCUT2D eigenvalue weighted by Crippen LogP contribution is 2.11. The lowest BCUT2D eigenvalue weighted by atomic mass is 10.1. The maximum atomic E-state index is 4.51. The Labute approximate surface area is 127 Å². The van der Waals surface area contributed by atoms with Gasteiger partial charge in [-0.1, -0.05) is 44.2 Å². The lowest BCUT2D eigenvalue weighted by Gasteiger charge is -2.11. The predicted molar refractivity (Wildman–Crippen MR) is 88.5 cm³/mol. The van der Waals surface area contributed by atoms with Crippen LogP contribution in [0, 0.1) is 12.8 Å². The van der Waals surface area contributed by atoms with Gasteiger partial charge in [-0.2, -0.15) is 4.98 Å². The minimum Gasteiger partial charge on any atom is -0.370 e. The van der Waals surface area contributed by atoms with E-state index in [2.05, 4.69) is 46.6 Å². The van der Waals surface area contributed by atoms with Crippen LogP contribution in [0.15, 0.2) is 36.4 Å². The molecule has 0 atom stereocenters. The fraction of sp³-hybridized carbons (Fsp3) is 0.412. The second kappa shape index (κ2) is 7.62. The van der Waals surface area contributed by atoms with Crippen LogP contribution in [0.25, 0.3) is 0 Å². The highest BCUT2D eigenvalue weighted by Gasteiger charge is 2.02. The molecule has 2 rings (SSSR count). The van der Waals surface area contributed by atoms with Gasteiger partial charge in [0.15, 0.2) is 0 Å². The van der Waals surface area contributed by atoms with Crippen molar-refractivity contribution in [3.8, 4) is 0 Å². The number of rotatable bonds is 7. The summed E-state index contributed by atoms with van der Waals surface area (Å²) in [6.07, 6.45) is 1.13. The SMILES string of the molecule is Cc1cc(NCCC(C)C)nc(NCc2ccccc2)n1. The summed E-state index contributed by atoms with van der Waals surface area (Å²) in [6.45, 7) is 8.10. The molecule has 1 aromatic carbocycles. The van der Waals surface area contributed by atoms with Crippen molar-refractivity contribution < 1.29 is 0 Å². The van der Waals surface area contributed by atoms with E-state index in [1.54, 1.807) is 0 Å². The van der Waals surface area contributed by atoms with Crippen molar-refractivity contribution in [3.63, 3.8) is 0 Å².